The van der Waals surface area contributed by atoms with E-state index in [9.17, 15) is 9.00 Å². The molecule has 0 aliphatic carbocycles. The van der Waals surface area contributed by atoms with Gasteiger partial charge in [-0.05, 0) is 12.8 Å². The molecule has 1 fully saturated rings. The van der Waals surface area contributed by atoms with Crippen molar-refractivity contribution in [3.05, 3.63) is 0 Å². The molecule has 0 saturated carbocycles. The minimum atomic E-state index is -0.777. The zero-order valence-corrected chi connectivity index (χ0v) is 12.0. The van der Waals surface area contributed by atoms with Gasteiger partial charge in [0.05, 0.1) is 10.4 Å². The molecule has 1 aliphatic heterocycles. The van der Waals surface area contributed by atoms with Crippen LogP contribution in [0.1, 0.15) is 26.7 Å². The molecule has 0 atom stereocenters. The summed E-state index contributed by atoms with van der Waals surface area (Å²) in [5.41, 5.74) is 5.04. The molecule has 0 aromatic carbocycles. The molecule has 1 rings (SSSR count). The molecule has 17 heavy (non-hydrogen) atoms. The van der Waals surface area contributed by atoms with Crippen molar-refractivity contribution in [2.75, 3.05) is 24.6 Å². The highest BCUT2D eigenvalue weighted by Crippen LogP contribution is 2.30. The minimum absolute atomic E-state index is 0.00620. The maximum Gasteiger partial charge on any atom is 0.235 e. The van der Waals surface area contributed by atoms with Crippen LogP contribution in [0.3, 0.4) is 0 Å². The van der Waals surface area contributed by atoms with Gasteiger partial charge >= 0.3 is 0 Å². The van der Waals surface area contributed by atoms with Crippen LogP contribution in [0.4, 0.5) is 0 Å². The monoisotopic (exact) mass is 276 g/mol. The second-order valence-electron chi connectivity index (χ2n) is 4.29. The summed E-state index contributed by atoms with van der Waals surface area (Å²) in [5.74, 6) is 1.13. The van der Waals surface area contributed by atoms with Crippen molar-refractivity contribution in [3.8, 4) is 0 Å². The van der Waals surface area contributed by atoms with Crippen LogP contribution < -0.4 is 5.73 Å². The van der Waals surface area contributed by atoms with E-state index in [0.717, 1.165) is 0 Å². The van der Waals surface area contributed by atoms with Crippen molar-refractivity contribution in [1.29, 1.82) is 0 Å². The second-order valence-corrected chi connectivity index (χ2v) is 6.43. The summed E-state index contributed by atoms with van der Waals surface area (Å²) < 4.78 is 11.3. The number of nitrogens with zero attached hydrogens (tertiary/aromatic N) is 1. The Labute approximate surface area is 110 Å². The van der Waals surface area contributed by atoms with E-state index >= 15 is 0 Å². The predicted octanol–water partition coefficient (Wildman–Crippen LogP) is 0.670. The molecule has 1 aliphatic rings. The fourth-order valence-electron chi connectivity index (χ4n) is 2.15. The van der Waals surface area contributed by atoms with E-state index < -0.39 is 16.2 Å². The molecule has 0 aromatic rings. The molecule has 1 heterocycles. The Morgan fingerprint density at radius 2 is 1.82 bits per heavy atom. The zero-order chi connectivity index (χ0) is 13.1. The van der Waals surface area contributed by atoms with Crippen LogP contribution in [-0.2, 0) is 15.6 Å². The van der Waals surface area contributed by atoms with E-state index in [-0.39, 0.29) is 10.9 Å². The summed E-state index contributed by atoms with van der Waals surface area (Å²) in [6.45, 7) is 4.97. The van der Waals surface area contributed by atoms with Gasteiger partial charge in [0.25, 0.3) is 0 Å². The number of hydrogen-bond donors (Lipinski definition) is 1. The first-order valence-corrected chi connectivity index (χ1v) is 7.81. The summed E-state index contributed by atoms with van der Waals surface area (Å²) in [4.78, 5) is 14.5. The van der Waals surface area contributed by atoms with Gasteiger partial charge in [0.1, 0.15) is 0 Å². The SMILES string of the molecule is CCC(CC)(C(=O)N1CCS(=O)CC1)C(N)=S. The molecule has 1 saturated heterocycles. The highest BCUT2D eigenvalue weighted by atomic mass is 32.2. The van der Waals surface area contributed by atoms with Gasteiger partial charge in [-0.15, -0.1) is 0 Å². The van der Waals surface area contributed by atoms with E-state index in [1.807, 2.05) is 13.8 Å². The molecule has 2 N–H and O–H groups in total. The lowest BCUT2D eigenvalue weighted by Crippen LogP contribution is -2.53. The standard InChI is InChI=1S/C11H20N2O2S2/c1-3-11(4-2,9(12)16)10(14)13-5-7-17(15)8-6-13/h3-8H2,1-2H3,(H2,12,16). The smallest absolute Gasteiger partial charge is 0.235 e. The van der Waals surface area contributed by atoms with Crippen molar-refractivity contribution in [2.24, 2.45) is 11.1 Å². The maximum absolute atomic E-state index is 12.5. The molecular weight excluding hydrogens is 256 g/mol. The van der Waals surface area contributed by atoms with Crippen LogP contribution in [0.2, 0.25) is 0 Å². The van der Waals surface area contributed by atoms with Crippen LogP contribution in [0.15, 0.2) is 0 Å². The van der Waals surface area contributed by atoms with E-state index in [1.54, 1.807) is 4.90 Å². The Morgan fingerprint density at radius 3 is 2.18 bits per heavy atom. The van der Waals surface area contributed by atoms with Crippen molar-refractivity contribution in [1.82, 2.24) is 4.90 Å². The first-order valence-electron chi connectivity index (χ1n) is 5.92. The third-order valence-electron chi connectivity index (χ3n) is 3.55. The Morgan fingerprint density at radius 1 is 1.35 bits per heavy atom. The van der Waals surface area contributed by atoms with E-state index in [4.69, 9.17) is 18.0 Å². The highest BCUT2D eigenvalue weighted by Gasteiger charge is 2.41. The normalized spacial score (nSPS) is 18.1. The first kappa shape index (κ1) is 14.6. The molecule has 0 bridgehead atoms. The number of nitrogens with two attached hydrogens (primary N) is 1. The fourth-order valence-corrected chi connectivity index (χ4v) is 3.58. The van der Waals surface area contributed by atoms with E-state index in [0.29, 0.717) is 37.4 Å². The number of carbonyl (C=O) groups is 1. The Balaban J connectivity index is 2.85. The number of thiocarbonyl (C=S) groups is 1. The minimum Gasteiger partial charge on any atom is -0.392 e. The zero-order valence-electron chi connectivity index (χ0n) is 10.4. The van der Waals surface area contributed by atoms with Gasteiger partial charge in [-0.25, -0.2) is 0 Å². The Kier molecular flexibility index (Phi) is 5.06. The van der Waals surface area contributed by atoms with Crippen molar-refractivity contribution >= 4 is 33.9 Å². The number of carbonyl (C=O) groups excluding carboxylic acids is 1. The topological polar surface area (TPSA) is 63.4 Å². The largest absolute Gasteiger partial charge is 0.392 e. The van der Waals surface area contributed by atoms with Crippen molar-refractivity contribution < 1.29 is 9.00 Å². The predicted molar refractivity (Wildman–Crippen MR) is 74.3 cm³/mol. The van der Waals surface area contributed by atoms with Gasteiger partial charge in [0.15, 0.2) is 0 Å². The molecule has 6 heteroatoms. The lowest BCUT2D eigenvalue weighted by molar-refractivity contribution is -0.138. The summed E-state index contributed by atoms with van der Waals surface area (Å²) in [6, 6.07) is 0. The fraction of sp³-hybridized carbons (Fsp3) is 0.818. The molecule has 0 unspecified atom stereocenters. The molecule has 0 radical (unpaired) electrons. The van der Waals surface area contributed by atoms with Gasteiger partial charge < -0.3 is 10.6 Å². The quantitative estimate of drug-likeness (QED) is 0.767. The lowest BCUT2D eigenvalue weighted by atomic mass is 9.80. The molecular formula is C11H20N2O2S2. The Hall–Kier alpha value is -0.490. The van der Waals surface area contributed by atoms with Crippen molar-refractivity contribution in [3.63, 3.8) is 0 Å². The van der Waals surface area contributed by atoms with Crippen LogP contribution in [-0.4, -0.2) is 44.6 Å². The number of rotatable bonds is 4. The van der Waals surface area contributed by atoms with Gasteiger partial charge in [0, 0.05) is 35.4 Å². The van der Waals surface area contributed by atoms with E-state index in [1.165, 1.54) is 0 Å². The molecule has 1 amide bonds. The molecule has 0 aromatic heterocycles. The summed E-state index contributed by atoms with van der Waals surface area (Å²) in [7, 11) is -0.777. The van der Waals surface area contributed by atoms with E-state index in [2.05, 4.69) is 0 Å². The Bertz CT molecular complexity index is 330. The number of hydrogen-bond acceptors (Lipinski definition) is 3. The average molecular weight is 276 g/mol. The summed E-state index contributed by atoms with van der Waals surface area (Å²) in [6.07, 6.45) is 1.24. The average Bonchev–Trinajstić information content (AvgIpc) is 2.31. The third kappa shape index (κ3) is 2.85. The van der Waals surface area contributed by atoms with Crippen LogP contribution in [0.5, 0.6) is 0 Å². The number of amides is 1. The third-order valence-corrected chi connectivity index (χ3v) is 5.22. The molecule has 98 valence electrons. The summed E-state index contributed by atoms with van der Waals surface area (Å²) >= 11 is 5.07. The second kappa shape index (κ2) is 5.91. The first-order chi connectivity index (χ1) is 7.97. The van der Waals surface area contributed by atoms with Crippen LogP contribution >= 0.6 is 12.2 Å². The van der Waals surface area contributed by atoms with Crippen LogP contribution in [0, 0.1) is 5.41 Å². The maximum atomic E-state index is 12.5. The van der Waals surface area contributed by atoms with Crippen LogP contribution in [0.25, 0.3) is 0 Å². The van der Waals surface area contributed by atoms with Gasteiger partial charge in [0.2, 0.25) is 5.91 Å². The lowest BCUT2D eigenvalue weighted by Gasteiger charge is -2.36. The molecule has 4 nitrogen and oxygen atoms in total. The molecule has 0 spiro atoms. The van der Waals surface area contributed by atoms with Gasteiger partial charge in [-0.2, -0.15) is 0 Å². The van der Waals surface area contributed by atoms with Gasteiger partial charge in [-0.3, -0.25) is 9.00 Å². The van der Waals surface area contributed by atoms with Gasteiger partial charge in [-0.1, -0.05) is 26.1 Å². The van der Waals surface area contributed by atoms with Crippen molar-refractivity contribution in [2.45, 2.75) is 26.7 Å². The summed E-state index contributed by atoms with van der Waals surface area (Å²) in [5, 5.41) is 0. The highest BCUT2D eigenvalue weighted by molar-refractivity contribution is 7.85.